The zero-order chi connectivity index (χ0) is 14.2. The van der Waals surface area contributed by atoms with E-state index in [2.05, 4.69) is 5.32 Å². The van der Waals surface area contributed by atoms with Crippen molar-refractivity contribution in [1.82, 2.24) is 0 Å². The van der Waals surface area contributed by atoms with Gasteiger partial charge in [0, 0.05) is 5.56 Å². The molecule has 2 aromatic rings. The molecule has 0 aliphatic rings. The van der Waals surface area contributed by atoms with Crippen LogP contribution in [0.2, 0.25) is 0 Å². The van der Waals surface area contributed by atoms with Gasteiger partial charge in [-0.05, 0) is 55.5 Å². The number of halogens is 2. The molecule has 0 radical (unpaired) electrons. The van der Waals surface area contributed by atoms with Crippen molar-refractivity contribution in [1.29, 1.82) is 0 Å². The average molecular weight is 373 g/mol. The quantitative estimate of drug-likeness (QED) is 0.802. The molecule has 5 heteroatoms. The summed E-state index contributed by atoms with van der Waals surface area (Å²) in [6.45, 7) is 5.38. The monoisotopic (exact) mass is 373 g/mol. The van der Waals surface area contributed by atoms with Crippen molar-refractivity contribution in [2.75, 3.05) is 5.32 Å². The average Bonchev–Trinajstić information content (AvgIpc) is 2.59. The van der Waals surface area contributed by atoms with Gasteiger partial charge in [0.2, 0.25) is 0 Å². The zero-order valence-corrected chi connectivity index (χ0v) is 13.0. The fourth-order valence-corrected chi connectivity index (χ4v) is 2.41. The van der Waals surface area contributed by atoms with Gasteiger partial charge in [-0.15, -0.1) is 0 Å². The lowest BCUT2D eigenvalue weighted by molar-refractivity contribution is 0.102. The third-order valence-corrected chi connectivity index (χ3v) is 4.08. The fourth-order valence-electron chi connectivity index (χ4n) is 1.91. The van der Waals surface area contributed by atoms with E-state index in [-0.39, 0.29) is 11.7 Å². The van der Waals surface area contributed by atoms with Gasteiger partial charge in [0.05, 0.1) is 14.8 Å². The number of anilines is 1. The summed E-state index contributed by atoms with van der Waals surface area (Å²) in [5.74, 6) is 0.654. The van der Waals surface area contributed by atoms with E-state index in [0.717, 1.165) is 11.3 Å². The Morgan fingerprint density at radius 1 is 1.26 bits per heavy atom. The second-order valence-corrected chi connectivity index (χ2v) is 5.35. The molecular formula is C14H13FINO2. The highest BCUT2D eigenvalue weighted by molar-refractivity contribution is 14.1. The minimum absolute atomic E-state index is 0.282. The van der Waals surface area contributed by atoms with Crippen LogP contribution in [0.5, 0.6) is 0 Å². The Labute approximate surface area is 124 Å². The number of nitrogens with one attached hydrogen (secondary N) is 1. The van der Waals surface area contributed by atoms with Crippen molar-refractivity contribution in [3.8, 4) is 0 Å². The third kappa shape index (κ3) is 2.65. The number of benzene rings is 1. The first kappa shape index (κ1) is 14.0. The van der Waals surface area contributed by atoms with Gasteiger partial charge in [0.25, 0.3) is 5.91 Å². The minimum Gasteiger partial charge on any atom is -0.466 e. The lowest BCUT2D eigenvalue weighted by Crippen LogP contribution is -2.14. The minimum atomic E-state index is -0.352. The van der Waals surface area contributed by atoms with Crippen LogP contribution in [0.4, 0.5) is 10.1 Å². The van der Waals surface area contributed by atoms with Crippen molar-refractivity contribution in [3.05, 3.63) is 50.2 Å². The van der Waals surface area contributed by atoms with Crippen LogP contribution in [0.3, 0.4) is 0 Å². The molecule has 0 aliphatic carbocycles. The summed E-state index contributed by atoms with van der Waals surface area (Å²) in [5, 5.41) is 2.72. The van der Waals surface area contributed by atoms with Gasteiger partial charge in [-0.2, -0.15) is 0 Å². The molecule has 1 amide bonds. The Hall–Kier alpha value is -1.37. The summed E-state index contributed by atoms with van der Waals surface area (Å²) >= 11 is 1.87. The summed E-state index contributed by atoms with van der Waals surface area (Å²) in [6.07, 6.45) is 0. The predicted molar refractivity (Wildman–Crippen MR) is 80.0 cm³/mol. The lowest BCUT2D eigenvalue weighted by atomic mass is 10.1. The first-order valence-corrected chi connectivity index (χ1v) is 6.81. The summed E-state index contributed by atoms with van der Waals surface area (Å²) < 4.78 is 19.2. The molecule has 0 aliphatic heterocycles. The van der Waals surface area contributed by atoms with Crippen molar-refractivity contribution in [2.45, 2.75) is 20.8 Å². The SMILES string of the molecule is Cc1oc(C)c(C(=O)Nc2cccc(F)c2I)c1C. The van der Waals surface area contributed by atoms with E-state index in [4.69, 9.17) is 4.42 Å². The molecule has 0 fully saturated rings. The van der Waals surface area contributed by atoms with Gasteiger partial charge in [0.15, 0.2) is 0 Å². The van der Waals surface area contributed by atoms with Gasteiger partial charge < -0.3 is 9.73 Å². The Morgan fingerprint density at radius 2 is 1.95 bits per heavy atom. The smallest absolute Gasteiger partial charge is 0.259 e. The molecule has 0 bridgehead atoms. The van der Waals surface area contributed by atoms with Crippen molar-refractivity contribution in [3.63, 3.8) is 0 Å². The highest BCUT2D eigenvalue weighted by atomic mass is 127. The van der Waals surface area contributed by atoms with Gasteiger partial charge in [-0.3, -0.25) is 4.79 Å². The fraction of sp³-hybridized carbons (Fsp3) is 0.214. The molecule has 0 saturated carbocycles. The first-order chi connectivity index (χ1) is 8.91. The molecule has 0 saturated heterocycles. The van der Waals surface area contributed by atoms with Crippen molar-refractivity contribution < 1.29 is 13.6 Å². The van der Waals surface area contributed by atoms with Gasteiger partial charge >= 0.3 is 0 Å². The van der Waals surface area contributed by atoms with Crippen LogP contribution in [0.15, 0.2) is 22.6 Å². The molecule has 2 rings (SSSR count). The summed E-state index contributed by atoms with van der Waals surface area (Å²) in [4.78, 5) is 12.2. The number of aryl methyl sites for hydroxylation is 2. The molecule has 0 unspecified atom stereocenters. The number of carbonyl (C=O) groups excluding carboxylic acids is 1. The standard InChI is InChI=1S/C14H13FINO2/c1-7-8(2)19-9(3)12(7)14(18)17-11-6-4-5-10(15)13(11)16/h4-6H,1-3H3,(H,17,18). The number of hydrogen-bond acceptors (Lipinski definition) is 2. The second-order valence-electron chi connectivity index (χ2n) is 4.27. The molecule has 0 spiro atoms. The van der Waals surface area contributed by atoms with E-state index in [1.807, 2.05) is 36.4 Å². The molecule has 1 N–H and O–H groups in total. The Balaban J connectivity index is 2.34. The van der Waals surface area contributed by atoms with E-state index in [1.165, 1.54) is 6.07 Å². The molecule has 1 aromatic carbocycles. The number of hydrogen-bond donors (Lipinski definition) is 1. The summed E-state index contributed by atoms with van der Waals surface area (Å²) in [5.41, 5.74) is 1.78. The Morgan fingerprint density at radius 3 is 2.53 bits per heavy atom. The van der Waals surface area contributed by atoms with Crippen LogP contribution >= 0.6 is 22.6 Å². The van der Waals surface area contributed by atoms with E-state index in [0.29, 0.717) is 20.6 Å². The van der Waals surface area contributed by atoms with E-state index < -0.39 is 0 Å². The lowest BCUT2D eigenvalue weighted by Gasteiger charge is -2.08. The second kappa shape index (κ2) is 5.32. The van der Waals surface area contributed by atoms with E-state index >= 15 is 0 Å². The Kier molecular flexibility index (Phi) is 3.93. The van der Waals surface area contributed by atoms with Gasteiger partial charge in [-0.25, -0.2) is 4.39 Å². The predicted octanol–water partition coefficient (Wildman–Crippen LogP) is 4.20. The maximum atomic E-state index is 13.4. The molecule has 3 nitrogen and oxygen atoms in total. The maximum absolute atomic E-state index is 13.4. The number of carbonyl (C=O) groups is 1. The Bertz CT molecular complexity index is 649. The van der Waals surface area contributed by atoms with Crippen LogP contribution in [0.25, 0.3) is 0 Å². The highest BCUT2D eigenvalue weighted by Gasteiger charge is 2.19. The van der Waals surface area contributed by atoms with Crippen LogP contribution in [-0.2, 0) is 0 Å². The topological polar surface area (TPSA) is 42.2 Å². The summed E-state index contributed by atoms with van der Waals surface area (Å²) in [7, 11) is 0. The molecular weight excluding hydrogens is 360 g/mol. The van der Waals surface area contributed by atoms with Gasteiger partial charge in [-0.1, -0.05) is 6.07 Å². The van der Waals surface area contributed by atoms with Crippen molar-refractivity contribution >= 4 is 34.2 Å². The van der Waals surface area contributed by atoms with E-state index in [1.54, 1.807) is 19.1 Å². The zero-order valence-electron chi connectivity index (χ0n) is 10.8. The molecule has 19 heavy (non-hydrogen) atoms. The van der Waals surface area contributed by atoms with E-state index in [9.17, 15) is 9.18 Å². The van der Waals surface area contributed by atoms with Crippen LogP contribution in [-0.4, -0.2) is 5.91 Å². The van der Waals surface area contributed by atoms with Crippen molar-refractivity contribution in [2.24, 2.45) is 0 Å². The molecule has 0 atom stereocenters. The normalized spacial score (nSPS) is 10.6. The summed E-state index contributed by atoms with van der Waals surface area (Å²) in [6, 6.07) is 4.59. The first-order valence-electron chi connectivity index (χ1n) is 5.73. The number of amides is 1. The number of furan rings is 1. The largest absolute Gasteiger partial charge is 0.466 e. The molecule has 1 heterocycles. The molecule has 1 aromatic heterocycles. The maximum Gasteiger partial charge on any atom is 0.259 e. The van der Waals surface area contributed by atoms with Gasteiger partial charge in [0.1, 0.15) is 17.3 Å². The molecule has 100 valence electrons. The third-order valence-electron chi connectivity index (χ3n) is 2.99. The van der Waals surface area contributed by atoms with Crippen LogP contribution in [0, 0.1) is 30.2 Å². The van der Waals surface area contributed by atoms with Crippen LogP contribution in [0.1, 0.15) is 27.4 Å². The van der Waals surface area contributed by atoms with Crippen LogP contribution < -0.4 is 5.32 Å². The highest BCUT2D eigenvalue weighted by Crippen LogP contribution is 2.25. The number of rotatable bonds is 2.